The first-order chi connectivity index (χ1) is 9.22. The lowest BCUT2D eigenvalue weighted by atomic mass is 10.0. The fraction of sp³-hybridized carbons (Fsp3) is 0.200. The number of carbonyl (C=O) groups excluding carboxylic acids is 1. The van der Waals surface area contributed by atoms with Crippen LogP contribution in [0.1, 0.15) is 35.3 Å². The summed E-state index contributed by atoms with van der Waals surface area (Å²) < 4.78 is 13.5. The molecular weight excluding hydrogens is 243 g/mol. The molecular formula is C15H15FN2O. The second-order valence-corrected chi connectivity index (χ2v) is 4.20. The van der Waals surface area contributed by atoms with Gasteiger partial charge in [0.15, 0.2) is 5.82 Å². The molecule has 0 saturated heterocycles. The van der Waals surface area contributed by atoms with Crippen LogP contribution in [-0.4, -0.2) is 10.9 Å². The summed E-state index contributed by atoms with van der Waals surface area (Å²) >= 11 is 0. The molecule has 2 rings (SSSR count). The van der Waals surface area contributed by atoms with Crippen molar-refractivity contribution in [2.24, 2.45) is 0 Å². The number of halogens is 1. The lowest BCUT2D eigenvalue weighted by Gasteiger charge is -2.17. The Morgan fingerprint density at radius 3 is 2.68 bits per heavy atom. The van der Waals surface area contributed by atoms with Crippen molar-refractivity contribution in [3.8, 4) is 0 Å². The SMILES string of the molecule is CCC(NC(=O)c1ccncc1F)c1ccccc1. The number of hydrogen-bond donors (Lipinski definition) is 1. The maximum atomic E-state index is 13.5. The van der Waals surface area contributed by atoms with Crippen molar-refractivity contribution >= 4 is 5.91 Å². The average molecular weight is 258 g/mol. The molecule has 0 bridgehead atoms. The third kappa shape index (κ3) is 3.16. The van der Waals surface area contributed by atoms with Crippen LogP contribution in [-0.2, 0) is 0 Å². The summed E-state index contributed by atoms with van der Waals surface area (Å²) in [7, 11) is 0. The molecule has 1 aromatic heterocycles. The molecule has 0 aliphatic heterocycles. The third-order valence-corrected chi connectivity index (χ3v) is 2.93. The molecule has 0 aliphatic rings. The molecule has 1 N–H and O–H groups in total. The lowest BCUT2D eigenvalue weighted by molar-refractivity contribution is 0.0931. The summed E-state index contributed by atoms with van der Waals surface area (Å²) in [6.07, 6.45) is 3.18. The normalized spacial score (nSPS) is 11.9. The van der Waals surface area contributed by atoms with Gasteiger partial charge in [0, 0.05) is 6.20 Å². The first-order valence-electron chi connectivity index (χ1n) is 6.17. The lowest BCUT2D eigenvalue weighted by Crippen LogP contribution is -2.28. The van der Waals surface area contributed by atoms with E-state index >= 15 is 0 Å². The van der Waals surface area contributed by atoms with Crippen molar-refractivity contribution in [2.75, 3.05) is 0 Å². The average Bonchev–Trinajstić information content (AvgIpc) is 2.46. The van der Waals surface area contributed by atoms with Crippen LogP contribution in [0.5, 0.6) is 0 Å². The van der Waals surface area contributed by atoms with Gasteiger partial charge in [-0.3, -0.25) is 9.78 Å². The number of nitrogens with zero attached hydrogens (tertiary/aromatic N) is 1. The molecule has 19 heavy (non-hydrogen) atoms. The molecule has 98 valence electrons. The number of nitrogens with one attached hydrogen (secondary N) is 1. The van der Waals surface area contributed by atoms with Gasteiger partial charge in [0.2, 0.25) is 0 Å². The highest BCUT2D eigenvalue weighted by Gasteiger charge is 2.16. The van der Waals surface area contributed by atoms with Crippen LogP contribution in [0, 0.1) is 5.82 Å². The number of hydrogen-bond acceptors (Lipinski definition) is 2. The van der Waals surface area contributed by atoms with E-state index in [0.29, 0.717) is 0 Å². The quantitative estimate of drug-likeness (QED) is 0.915. The number of rotatable bonds is 4. The zero-order valence-corrected chi connectivity index (χ0v) is 10.6. The summed E-state index contributed by atoms with van der Waals surface area (Å²) in [5, 5.41) is 2.83. The van der Waals surface area contributed by atoms with Crippen molar-refractivity contribution in [3.63, 3.8) is 0 Å². The summed E-state index contributed by atoms with van der Waals surface area (Å²) in [6.45, 7) is 1.97. The van der Waals surface area contributed by atoms with Gasteiger partial charge in [-0.2, -0.15) is 0 Å². The van der Waals surface area contributed by atoms with Crippen LogP contribution < -0.4 is 5.32 Å². The Hall–Kier alpha value is -2.23. The van der Waals surface area contributed by atoms with Crippen molar-refractivity contribution in [1.82, 2.24) is 10.3 Å². The predicted molar refractivity (Wildman–Crippen MR) is 71.1 cm³/mol. The highest BCUT2D eigenvalue weighted by Crippen LogP contribution is 2.17. The van der Waals surface area contributed by atoms with Gasteiger partial charge in [-0.15, -0.1) is 0 Å². The van der Waals surface area contributed by atoms with Crippen molar-refractivity contribution in [1.29, 1.82) is 0 Å². The van der Waals surface area contributed by atoms with E-state index in [1.54, 1.807) is 0 Å². The van der Waals surface area contributed by atoms with Gasteiger partial charge in [-0.05, 0) is 18.1 Å². The minimum Gasteiger partial charge on any atom is -0.345 e. The fourth-order valence-corrected chi connectivity index (χ4v) is 1.90. The summed E-state index contributed by atoms with van der Waals surface area (Å²) in [6, 6.07) is 10.9. The summed E-state index contributed by atoms with van der Waals surface area (Å²) in [4.78, 5) is 15.7. The third-order valence-electron chi connectivity index (χ3n) is 2.93. The topological polar surface area (TPSA) is 42.0 Å². The maximum absolute atomic E-state index is 13.5. The van der Waals surface area contributed by atoms with E-state index < -0.39 is 11.7 Å². The maximum Gasteiger partial charge on any atom is 0.254 e. The molecule has 1 atom stereocenters. The largest absolute Gasteiger partial charge is 0.345 e. The van der Waals surface area contributed by atoms with E-state index in [4.69, 9.17) is 0 Å². The Kier molecular flexibility index (Phi) is 4.23. The Morgan fingerprint density at radius 2 is 2.05 bits per heavy atom. The summed E-state index contributed by atoms with van der Waals surface area (Å²) in [5.74, 6) is -1.03. The highest BCUT2D eigenvalue weighted by molar-refractivity contribution is 5.94. The summed E-state index contributed by atoms with van der Waals surface area (Å²) in [5.41, 5.74) is 1.03. The van der Waals surface area contributed by atoms with Gasteiger partial charge < -0.3 is 5.32 Å². The van der Waals surface area contributed by atoms with Crippen LogP contribution in [0.3, 0.4) is 0 Å². The zero-order valence-electron chi connectivity index (χ0n) is 10.6. The Labute approximate surface area is 111 Å². The van der Waals surface area contributed by atoms with Crippen LogP contribution in [0.15, 0.2) is 48.8 Å². The molecule has 2 aromatic rings. The van der Waals surface area contributed by atoms with Gasteiger partial charge in [0.05, 0.1) is 17.8 Å². The van der Waals surface area contributed by atoms with Gasteiger partial charge in [-0.1, -0.05) is 37.3 Å². The Bertz CT molecular complexity index is 557. The molecule has 0 radical (unpaired) electrons. The number of benzene rings is 1. The first kappa shape index (κ1) is 13.2. The number of pyridine rings is 1. The molecule has 0 saturated carbocycles. The highest BCUT2D eigenvalue weighted by atomic mass is 19.1. The van der Waals surface area contributed by atoms with Gasteiger partial charge in [0.1, 0.15) is 0 Å². The standard InChI is InChI=1S/C15H15FN2O/c1-2-14(11-6-4-3-5-7-11)18-15(19)12-8-9-17-10-13(12)16/h3-10,14H,2H2,1H3,(H,18,19). The van der Waals surface area contributed by atoms with Gasteiger partial charge in [-0.25, -0.2) is 4.39 Å². The molecule has 1 amide bonds. The van der Waals surface area contributed by atoms with Crippen LogP contribution in [0.2, 0.25) is 0 Å². The van der Waals surface area contributed by atoms with Crippen molar-refractivity contribution < 1.29 is 9.18 Å². The molecule has 3 nitrogen and oxygen atoms in total. The van der Waals surface area contributed by atoms with Crippen LogP contribution >= 0.6 is 0 Å². The van der Waals surface area contributed by atoms with Crippen molar-refractivity contribution in [2.45, 2.75) is 19.4 Å². The van der Waals surface area contributed by atoms with E-state index in [2.05, 4.69) is 10.3 Å². The first-order valence-corrected chi connectivity index (χ1v) is 6.17. The second-order valence-electron chi connectivity index (χ2n) is 4.20. The van der Waals surface area contributed by atoms with E-state index in [-0.39, 0.29) is 11.6 Å². The molecule has 0 aliphatic carbocycles. The van der Waals surface area contributed by atoms with E-state index in [9.17, 15) is 9.18 Å². The van der Waals surface area contributed by atoms with E-state index in [1.807, 2.05) is 37.3 Å². The van der Waals surface area contributed by atoms with Crippen LogP contribution in [0.25, 0.3) is 0 Å². The van der Waals surface area contributed by atoms with E-state index in [0.717, 1.165) is 18.2 Å². The molecule has 4 heteroatoms. The van der Waals surface area contributed by atoms with Gasteiger partial charge >= 0.3 is 0 Å². The van der Waals surface area contributed by atoms with Gasteiger partial charge in [0.25, 0.3) is 5.91 Å². The number of carbonyl (C=O) groups is 1. The molecule has 1 aromatic carbocycles. The Morgan fingerprint density at radius 1 is 1.32 bits per heavy atom. The number of aromatic nitrogens is 1. The zero-order chi connectivity index (χ0) is 13.7. The molecule has 0 fully saturated rings. The minimum absolute atomic E-state index is 0.0179. The molecule has 1 unspecified atom stereocenters. The van der Waals surface area contributed by atoms with Crippen LogP contribution in [0.4, 0.5) is 4.39 Å². The fourth-order valence-electron chi connectivity index (χ4n) is 1.90. The smallest absolute Gasteiger partial charge is 0.254 e. The molecule has 1 heterocycles. The number of amides is 1. The Balaban J connectivity index is 2.16. The monoisotopic (exact) mass is 258 g/mol. The predicted octanol–water partition coefficient (Wildman–Crippen LogP) is 3.10. The minimum atomic E-state index is -0.608. The van der Waals surface area contributed by atoms with Crippen molar-refractivity contribution in [3.05, 3.63) is 65.7 Å². The second kappa shape index (κ2) is 6.09. The van der Waals surface area contributed by atoms with E-state index in [1.165, 1.54) is 12.3 Å². The molecule has 0 spiro atoms.